The third-order valence-electron chi connectivity index (χ3n) is 6.36. The lowest BCUT2D eigenvalue weighted by Gasteiger charge is -2.37. The molecule has 162 valence electrons. The van der Waals surface area contributed by atoms with Gasteiger partial charge in [0, 0.05) is 56.6 Å². The van der Waals surface area contributed by atoms with Gasteiger partial charge in [-0.3, -0.25) is 9.59 Å². The van der Waals surface area contributed by atoms with Crippen LogP contribution in [0.3, 0.4) is 0 Å². The number of hydrogen-bond acceptors (Lipinski definition) is 5. The summed E-state index contributed by atoms with van der Waals surface area (Å²) in [5.41, 5.74) is 3.24. The number of carbonyl (C=O) groups excluding carboxylic acids is 2. The summed E-state index contributed by atoms with van der Waals surface area (Å²) in [6.45, 7) is 6.54. The number of piperazine rings is 1. The van der Waals surface area contributed by atoms with E-state index in [1.807, 2.05) is 29.2 Å². The minimum Gasteiger partial charge on any atom is -0.486 e. The van der Waals surface area contributed by atoms with E-state index in [4.69, 9.17) is 9.47 Å². The fourth-order valence-corrected chi connectivity index (χ4v) is 4.67. The first-order valence-corrected chi connectivity index (χ1v) is 10.9. The monoisotopic (exact) mass is 421 g/mol. The second kappa shape index (κ2) is 8.13. The standard InChI is InChI=1S/C24H27N3O4/c1-17-4-2-3-5-20(17)25-8-10-26(11-9-25)24(29)18-14-23(28)27(16-18)19-6-7-21-22(15-19)31-13-12-30-21/h2-7,15,18H,8-14,16H2,1H3/t18-/m1/s1. The van der Waals surface area contributed by atoms with Gasteiger partial charge in [-0.15, -0.1) is 0 Å². The molecule has 3 aliphatic rings. The third kappa shape index (κ3) is 3.80. The van der Waals surface area contributed by atoms with Crippen LogP contribution < -0.4 is 19.3 Å². The molecule has 0 bridgehead atoms. The van der Waals surface area contributed by atoms with Crippen LogP contribution in [0.4, 0.5) is 11.4 Å². The Bertz CT molecular complexity index is 1000. The van der Waals surface area contributed by atoms with Gasteiger partial charge in [-0.1, -0.05) is 18.2 Å². The van der Waals surface area contributed by atoms with Crippen molar-refractivity contribution < 1.29 is 19.1 Å². The summed E-state index contributed by atoms with van der Waals surface area (Å²) in [4.78, 5) is 31.8. The predicted molar refractivity (Wildman–Crippen MR) is 118 cm³/mol. The van der Waals surface area contributed by atoms with E-state index in [2.05, 4.69) is 30.0 Å². The van der Waals surface area contributed by atoms with Crippen LogP contribution in [-0.2, 0) is 9.59 Å². The van der Waals surface area contributed by atoms with Crippen molar-refractivity contribution in [2.24, 2.45) is 5.92 Å². The smallest absolute Gasteiger partial charge is 0.228 e. The minimum atomic E-state index is -0.300. The van der Waals surface area contributed by atoms with Gasteiger partial charge < -0.3 is 24.2 Å². The molecule has 2 aromatic rings. The van der Waals surface area contributed by atoms with Crippen molar-refractivity contribution in [3.05, 3.63) is 48.0 Å². The molecule has 2 fully saturated rings. The molecule has 2 amide bonds. The zero-order valence-electron chi connectivity index (χ0n) is 17.8. The molecule has 2 aromatic carbocycles. The van der Waals surface area contributed by atoms with Crippen molar-refractivity contribution in [3.63, 3.8) is 0 Å². The Balaban J connectivity index is 1.22. The SMILES string of the molecule is Cc1ccccc1N1CCN(C(=O)[C@@H]2CC(=O)N(c3ccc4c(c3)OCCO4)C2)CC1. The highest BCUT2D eigenvalue weighted by molar-refractivity contribution is 6.00. The van der Waals surface area contributed by atoms with Crippen molar-refractivity contribution in [2.75, 3.05) is 55.7 Å². The van der Waals surface area contributed by atoms with Crippen LogP contribution in [0, 0.1) is 12.8 Å². The van der Waals surface area contributed by atoms with Gasteiger partial charge in [0.15, 0.2) is 11.5 Å². The Morgan fingerprint density at radius 3 is 2.48 bits per heavy atom. The Morgan fingerprint density at radius 2 is 1.71 bits per heavy atom. The highest BCUT2D eigenvalue weighted by Crippen LogP contribution is 2.36. The van der Waals surface area contributed by atoms with Gasteiger partial charge in [-0.05, 0) is 30.7 Å². The van der Waals surface area contributed by atoms with Gasteiger partial charge in [0.1, 0.15) is 13.2 Å². The predicted octanol–water partition coefficient (Wildman–Crippen LogP) is 2.47. The zero-order chi connectivity index (χ0) is 21.4. The molecule has 0 unspecified atom stereocenters. The van der Waals surface area contributed by atoms with Gasteiger partial charge in [0.25, 0.3) is 0 Å². The second-order valence-electron chi connectivity index (χ2n) is 8.33. The fraction of sp³-hybridized carbons (Fsp3) is 0.417. The highest BCUT2D eigenvalue weighted by Gasteiger charge is 2.38. The highest BCUT2D eigenvalue weighted by atomic mass is 16.6. The molecule has 31 heavy (non-hydrogen) atoms. The lowest BCUT2D eigenvalue weighted by Crippen LogP contribution is -2.50. The molecule has 1 atom stereocenters. The van der Waals surface area contributed by atoms with E-state index in [0.717, 1.165) is 18.8 Å². The Kier molecular flexibility index (Phi) is 5.18. The van der Waals surface area contributed by atoms with Crippen LogP contribution in [0.5, 0.6) is 11.5 Å². The largest absolute Gasteiger partial charge is 0.486 e. The molecule has 7 nitrogen and oxygen atoms in total. The van der Waals surface area contributed by atoms with Crippen molar-refractivity contribution in [2.45, 2.75) is 13.3 Å². The van der Waals surface area contributed by atoms with Gasteiger partial charge in [0.2, 0.25) is 11.8 Å². The van der Waals surface area contributed by atoms with Crippen molar-refractivity contribution in [1.29, 1.82) is 0 Å². The average Bonchev–Trinajstić information content (AvgIpc) is 3.20. The topological polar surface area (TPSA) is 62.3 Å². The minimum absolute atomic E-state index is 0.0198. The number of nitrogens with zero attached hydrogens (tertiary/aromatic N) is 3. The van der Waals surface area contributed by atoms with Crippen LogP contribution in [0.25, 0.3) is 0 Å². The summed E-state index contributed by atoms with van der Waals surface area (Å²) in [5, 5.41) is 0. The maximum atomic E-state index is 13.1. The van der Waals surface area contributed by atoms with Crippen LogP contribution in [0.15, 0.2) is 42.5 Å². The summed E-state index contributed by atoms with van der Waals surface area (Å²) >= 11 is 0. The maximum Gasteiger partial charge on any atom is 0.228 e. The Labute approximate surface area is 182 Å². The first kappa shape index (κ1) is 19.7. The number of ether oxygens (including phenoxy) is 2. The van der Waals surface area contributed by atoms with Gasteiger partial charge in [-0.2, -0.15) is 0 Å². The molecule has 0 spiro atoms. The number of hydrogen-bond donors (Lipinski definition) is 0. The van der Waals surface area contributed by atoms with Crippen molar-refractivity contribution in [3.8, 4) is 11.5 Å². The molecule has 2 saturated heterocycles. The van der Waals surface area contributed by atoms with E-state index in [0.29, 0.717) is 44.3 Å². The summed E-state index contributed by atoms with van der Waals surface area (Å²) < 4.78 is 11.2. The molecule has 7 heteroatoms. The molecule has 0 radical (unpaired) electrons. The Morgan fingerprint density at radius 1 is 0.968 bits per heavy atom. The van der Waals surface area contributed by atoms with Crippen LogP contribution in [0.1, 0.15) is 12.0 Å². The second-order valence-corrected chi connectivity index (χ2v) is 8.33. The summed E-state index contributed by atoms with van der Waals surface area (Å²) in [6.07, 6.45) is 0.255. The maximum absolute atomic E-state index is 13.1. The Hall–Kier alpha value is -3.22. The molecule has 0 aromatic heterocycles. The molecule has 5 rings (SSSR count). The molecule has 0 N–H and O–H groups in total. The lowest BCUT2D eigenvalue weighted by molar-refractivity contribution is -0.136. The van der Waals surface area contributed by atoms with E-state index >= 15 is 0 Å². The molecule has 3 heterocycles. The van der Waals surface area contributed by atoms with E-state index in [9.17, 15) is 9.59 Å². The molecular weight excluding hydrogens is 394 g/mol. The van der Waals surface area contributed by atoms with E-state index in [1.54, 1.807) is 4.90 Å². The van der Waals surface area contributed by atoms with Crippen LogP contribution in [0.2, 0.25) is 0 Å². The van der Waals surface area contributed by atoms with Crippen LogP contribution in [-0.4, -0.2) is 62.7 Å². The van der Waals surface area contributed by atoms with Gasteiger partial charge >= 0.3 is 0 Å². The first-order chi connectivity index (χ1) is 15.1. The van der Waals surface area contributed by atoms with Crippen molar-refractivity contribution in [1.82, 2.24) is 4.90 Å². The number of rotatable bonds is 3. The van der Waals surface area contributed by atoms with Crippen molar-refractivity contribution >= 4 is 23.2 Å². The van der Waals surface area contributed by atoms with Crippen LogP contribution >= 0.6 is 0 Å². The van der Waals surface area contributed by atoms with E-state index in [1.165, 1.54) is 11.3 Å². The molecule has 0 aliphatic carbocycles. The summed E-state index contributed by atoms with van der Waals surface area (Å²) in [6, 6.07) is 13.9. The number of anilines is 2. The number of fused-ring (bicyclic) bond motifs is 1. The average molecular weight is 421 g/mol. The van der Waals surface area contributed by atoms with E-state index < -0.39 is 0 Å². The lowest BCUT2D eigenvalue weighted by atomic mass is 10.1. The molecular formula is C24H27N3O4. The number of carbonyl (C=O) groups is 2. The quantitative estimate of drug-likeness (QED) is 0.762. The first-order valence-electron chi connectivity index (χ1n) is 10.9. The van der Waals surface area contributed by atoms with Gasteiger partial charge in [0.05, 0.1) is 5.92 Å². The fourth-order valence-electron chi connectivity index (χ4n) is 4.67. The zero-order valence-corrected chi connectivity index (χ0v) is 17.8. The normalized spacial score (nSPS) is 20.9. The third-order valence-corrected chi connectivity index (χ3v) is 6.36. The number of amides is 2. The number of para-hydroxylation sites is 1. The number of aryl methyl sites for hydroxylation is 1. The summed E-state index contributed by atoms with van der Waals surface area (Å²) in [7, 11) is 0. The molecule has 3 aliphatic heterocycles. The summed E-state index contributed by atoms with van der Waals surface area (Å²) in [5.74, 6) is 1.11. The molecule has 0 saturated carbocycles. The van der Waals surface area contributed by atoms with Gasteiger partial charge in [-0.25, -0.2) is 0 Å². The van der Waals surface area contributed by atoms with E-state index in [-0.39, 0.29) is 24.2 Å². The number of benzene rings is 2.